The molecule has 2 aromatic carbocycles. The van der Waals surface area contributed by atoms with Gasteiger partial charge in [-0.15, -0.1) is 0 Å². The van der Waals surface area contributed by atoms with E-state index in [9.17, 15) is 9.50 Å². The molecule has 2 aromatic rings. The first kappa shape index (κ1) is 19.9. The minimum atomic E-state index is -1.44. The second-order valence-corrected chi connectivity index (χ2v) is 7.42. The molecular weight excluding hydrogens is 346 g/mol. The first-order valence-electron chi connectivity index (χ1n) is 9.63. The van der Waals surface area contributed by atoms with E-state index in [1.807, 2.05) is 30.3 Å². The predicted octanol–water partition coefficient (Wildman–Crippen LogP) is 3.54. The second kappa shape index (κ2) is 9.40. The fraction of sp³-hybridized carbons (Fsp3) is 0.455. The molecule has 3 atom stereocenters. The van der Waals surface area contributed by atoms with Crippen molar-refractivity contribution in [3.8, 4) is 0 Å². The smallest absolute Gasteiger partial charge is 0.126 e. The average Bonchev–Trinajstić information content (AvgIpc) is 3.45. The van der Waals surface area contributed by atoms with Crippen LogP contribution in [0.4, 0.5) is 8.78 Å². The summed E-state index contributed by atoms with van der Waals surface area (Å²) >= 11 is 0. The molecule has 3 N–H and O–H groups in total. The zero-order valence-corrected chi connectivity index (χ0v) is 15.5. The van der Waals surface area contributed by atoms with Gasteiger partial charge in [-0.1, -0.05) is 42.5 Å². The summed E-state index contributed by atoms with van der Waals surface area (Å²) < 4.78 is 28.2. The standard InChI is InChI=1S/C22H28F2N2O/c23-19-8-6-18(7-9-19)20-14-21(20)26-16-22(24,11-13-27)10-12-25-15-17-4-2-1-3-5-17/h1-9,20-21,25-27H,10-16H2. The van der Waals surface area contributed by atoms with Crippen LogP contribution < -0.4 is 10.6 Å². The SMILES string of the molecule is OCCC(F)(CCNCc1ccccc1)CNC1CC1c1ccc(F)cc1. The summed E-state index contributed by atoms with van der Waals surface area (Å²) in [7, 11) is 0. The summed E-state index contributed by atoms with van der Waals surface area (Å²) in [6.45, 7) is 1.32. The van der Waals surface area contributed by atoms with Crippen molar-refractivity contribution in [1.82, 2.24) is 10.6 Å². The number of benzene rings is 2. The number of aliphatic hydroxyl groups is 1. The number of alkyl halides is 1. The van der Waals surface area contributed by atoms with Crippen LogP contribution in [-0.4, -0.2) is 36.5 Å². The first-order chi connectivity index (χ1) is 13.1. The largest absolute Gasteiger partial charge is 0.396 e. The summed E-state index contributed by atoms with van der Waals surface area (Å²) in [5, 5.41) is 15.8. The van der Waals surface area contributed by atoms with E-state index in [1.54, 1.807) is 12.1 Å². The maximum atomic E-state index is 15.2. The van der Waals surface area contributed by atoms with Gasteiger partial charge in [0, 0.05) is 38.1 Å². The number of aliphatic hydroxyl groups excluding tert-OH is 1. The molecule has 1 saturated carbocycles. The lowest BCUT2D eigenvalue weighted by atomic mass is 9.97. The lowest BCUT2D eigenvalue weighted by molar-refractivity contribution is 0.102. The van der Waals surface area contributed by atoms with Crippen LogP contribution in [0, 0.1) is 5.82 Å². The van der Waals surface area contributed by atoms with E-state index in [2.05, 4.69) is 10.6 Å². The Hall–Kier alpha value is -1.82. The monoisotopic (exact) mass is 374 g/mol. The van der Waals surface area contributed by atoms with Crippen LogP contribution in [0.5, 0.6) is 0 Å². The number of hydrogen-bond acceptors (Lipinski definition) is 3. The molecule has 0 bridgehead atoms. The molecule has 0 heterocycles. The van der Waals surface area contributed by atoms with Gasteiger partial charge < -0.3 is 15.7 Å². The van der Waals surface area contributed by atoms with Crippen LogP contribution in [-0.2, 0) is 6.54 Å². The van der Waals surface area contributed by atoms with Gasteiger partial charge in [-0.05, 0) is 42.6 Å². The minimum Gasteiger partial charge on any atom is -0.396 e. The van der Waals surface area contributed by atoms with Gasteiger partial charge in [-0.2, -0.15) is 0 Å². The highest BCUT2D eigenvalue weighted by Gasteiger charge is 2.40. The van der Waals surface area contributed by atoms with E-state index < -0.39 is 5.67 Å². The number of hydrogen-bond donors (Lipinski definition) is 3. The van der Waals surface area contributed by atoms with Crippen LogP contribution in [0.15, 0.2) is 54.6 Å². The quantitative estimate of drug-likeness (QED) is 0.527. The maximum absolute atomic E-state index is 15.2. The molecule has 1 aliphatic carbocycles. The summed E-state index contributed by atoms with van der Waals surface area (Å²) in [5.41, 5.74) is 0.821. The lowest BCUT2D eigenvalue weighted by Gasteiger charge is -2.25. The third-order valence-electron chi connectivity index (χ3n) is 5.25. The van der Waals surface area contributed by atoms with Gasteiger partial charge in [0.05, 0.1) is 0 Å². The van der Waals surface area contributed by atoms with Gasteiger partial charge in [0.1, 0.15) is 11.5 Å². The third-order valence-corrected chi connectivity index (χ3v) is 5.25. The first-order valence-corrected chi connectivity index (χ1v) is 9.63. The topological polar surface area (TPSA) is 44.3 Å². The molecule has 1 fully saturated rings. The zero-order valence-electron chi connectivity index (χ0n) is 15.5. The Kier molecular flexibility index (Phi) is 6.94. The molecule has 0 amide bonds. The molecule has 1 aliphatic rings. The normalized spacial score (nSPS) is 21.0. The van der Waals surface area contributed by atoms with Crippen molar-refractivity contribution in [2.75, 3.05) is 19.7 Å². The average molecular weight is 374 g/mol. The summed E-state index contributed by atoms with van der Waals surface area (Å²) in [5.74, 6) is 0.0813. The molecular formula is C22H28F2N2O. The van der Waals surface area contributed by atoms with Crippen LogP contribution >= 0.6 is 0 Å². The van der Waals surface area contributed by atoms with E-state index in [0.29, 0.717) is 25.4 Å². The number of rotatable bonds is 11. The van der Waals surface area contributed by atoms with E-state index in [-0.39, 0.29) is 31.4 Å². The predicted molar refractivity (Wildman–Crippen MR) is 104 cm³/mol. The number of halogens is 2. The molecule has 0 saturated heterocycles. The van der Waals surface area contributed by atoms with Gasteiger partial charge >= 0.3 is 0 Å². The summed E-state index contributed by atoms with van der Waals surface area (Å²) in [6.07, 6.45) is 1.41. The van der Waals surface area contributed by atoms with Crippen LogP contribution in [0.3, 0.4) is 0 Å². The fourth-order valence-corrected chi connectivity index (χ4v) is 3.46. The maximum Gasteiger partial charge on any atom is 0.126 e. The zero-order chi connectivity index (χ0) is 19.1. The molecule has 0 spiro atoms. The molecule has 3 nitrogen and oxygen atoms in total. The Morgan fingerprint density at radius 1 is 1.04 bits per heavy atom. The van der Waals surface area contributed by atoms with Crippen LogP contribution in [0.25, 0.3) is 0 Å². The number of nitrogens with one attached hydrogen (secondary N) is 2. The molecule has 0 radical (unpaired) electrons. The second-order valence-electron chi connectivity index (χ2n) is 7.42. The minimum absolute atomic E-state index is 0.126. The van der Waals surface area contributed by atoms with Gasteiger partial charge in [0.2, 0.25) is 0 Å². The highest BCUT2D eigenvalue weighted by Crippen LogP contribution is 2.41. The van der Waals surface area contributed by atoms with E-state index in [4.69, 9.17) is 0 Å². The Bertz CT molecular complexity index is 695. The molecule has 3 rings (SSSR count). The molecule has 5 heteroatoms. The Labute approximate surface area is 159 Å². The van der Waals surface area contributed by atoms with Crippen LogP contribution in [0.2, 0.25) is 0 Å². The molecule has 27 heavy (non-hydrogen) atoms. The van der Waals surface area contributed by atoms with Crippen molar-refractivity contribution in [3.05, 3.63) is 71.5 Å². The van der Waals surface area contributed by atoms with Crippen molar-refractivity contribution in [3.63, 3.8) is 0 Å². The van der Waals surface area contributed by atoms with Crippen molar-refractivity contribution in [2.24, 2.45) is 0 Å². The van der Waals surface area contributed by atoms with Crippen molar-refractivity contribution in [2.45, 2.75) is 43.4 Å². The highest BCUT2D eigenvalue weighted by atomic mass is 19.1. The molecule has 0 aromatic heterocycles. The van der Waals surface area contributed by atoms with Gasteiger partial charge in [0.25, 0.3) is 0 Å². The summed E-state index contributed by atoms with van der Waals surface area (Å²) in [4.78, 5) is 0. The summed E-state index contributed by atoms with van der Waals surface area (Å²) in [6, 6.07) is 16.8. The Balaban J connectivity index is 1.41. The van der Waals surface area contributed by atoms with Crippen molar-refractivity contribution < 1.29 is 13.9 Å². The third kappa shape index (κ3) is 6.09. The molecule has 146 valence electrons. The van der Waals surface area contributed by atoms with Gasteiger partial charge in [-0.3, -0.25) is 0 Å². The van der Waals surface area contributed by atoms with Crippen molar-refractivity contribution in [1.29, 1.82) is 0 Å². The highest BCUT2D eigenvalue weighted by molar-refractivity contribution is 5.28. The Morgan fingerprint density at radius 3 is 2.48 bits per heavy atom. The van der Waals surface area contributed by atoms with E-state index in [0.717, 1.165) is 12.0 Å². The van der Waals surface area contributed by atoms with Crippen molar-refractivity contribution >= 4 is 0 Å². The van der Waals surface area contributed by atoms with Gasteiger partial charge in [-0.25, -0.2) is 8.78 Å². The van der Waals surface area contributed by atoms with E-state index in [1.165, 1.54) is 17.7 Å². The molecule has 3 unspecified atom stereocenters. The van der Waals surface area contributed by atoms with E-state index >= 15 is 4.39 Å². The van der Waals surface area contributed by atoms with Crippen LogP contribution in [0.1, 0.15) is 36.3 Å². The molecule has 0 aliphatic heterocycles. The lowest BCUT2D eigenvalue weighted by Crippen LogP contribution is -2.41. The van der Waals surface area contributed by atoms with Gasteiger partial charge in [0.15, 0.2) is 0 Å². The Morgan fingerprint density at radius 2 is 1.78 bits per heavy atom. The fourth-order valence-electron chi connectivity index (χ4n) is 3.46.